The maximum Gasteiger partial charge on any atom is 0.110 e. The van der Waals surface area contributed by atoms with Gasteiger partial charge in [-0.15, -0.1) is 0 Å². The fraction of sp³-hybridized carbons (Fsp3) is 1.00. The van der Waals surface area contributed by atoms with Gasteiger partial charge in [0.15, 0.2) is 0 Å². The van der Waals surface area contributed by atoms with E-state index in [-0.39, 0.29) is 0 Å². The average molecular weight is 115 g/mol. The molecule has 1 aliphatic rings. The second kappa shape index (κ2) is 2.46. The topological polar surface area (TPSA) is 21.3 Å². The molecule has 0 aromatic heterocycles. The summed E-state index contributed by atoms with van der Waals surface area (Å²) in [5.41, 5.74) is 0. The average Bonchev–Trinajstić information content (AvgIpc) is 1.55. The van der Waals surface area contributed by atoms with E-state index in [1.165, 1.54) is 6.42 Å². The van der Waals surface area contributed by atoms with Gasteiger partial charge in [0.1, 0.15) is 6.23 Å². The number of nitrogens with one attached hydrogen (secondary N) is 1. The van der Waals surface area contributed by atoms with E-state index < -0.39 is 0 Å². The van der Waals surface area contributed by atoms with Crippen molar-refractivity contribution in [2.24, 2.45) is 0 Å². The van der Waals surface area contributed by atoms with Gasteiger partial charge in [-0.05, 0) is 13.8 Å². The van der Waals surface area contributed by atoms with Crippen molar-refractivity contribution in [1.29, 1.82) is 0 Å². The molecule has 1 fully saturated rings. The Morgan fingerprint density at radius 2 is 2.25 bits per heavy atom. The minimum Gasteiger partial charge on any atom is -0.363 e. The van der Waals surface area contributed by atoms with Gasteiger partial charge >= 0.3 is 0 Å². The quantitative estimate of drug-likeness (QED) is 0.573. The van der Waals surface area contributed by atoms with Crippen LogP contribution < -0.4 is 5.32 Å². The third-order valence-corrected chi connectivity index (χ3v) is 1.22. The molecule has 8 heavy (non-hydrogen) atoms. The SMILES string of the molecule is CC(C)NC1CCO1. The van der Waals surface area contributed by atoms with E-state index in [1.807, 2.05) is 0 Å². The molecule has 0 radical (unpaired) electrons. The minimum atomic E-state index is 0.356. The first-order valence-corrected chi connectivity index (χ1v) is 3.16. The van der Waals surface area contributed by atoms with E-state index >= 15 is 0 Å². The molecule has 2 nitrogen and oxygen atoms in total. The van der Waals surface area contributed by atoms with Crippen molar-refractivity contribution >= 4 is 0 Å². The predicted octanol–water partition coefficient (Wildman–Crippen LogP) is 0.731. The van der Waals surface area contributed by atoms with E-state index in [0.29, 0.717) is 12.3 Å². The lowest BCUT2D eigenvalue weighted by Gasteiger charge is -2.29. The zero-order chi connectivity index (χ0) is 5.98. The predicted molar refractivity (Wildman–Crippen MR) is 32.6 cm³/mol. The second-order valence-electron chi connectivity index (χ2n) is 2.47. The summed E-state index contributed by atoms with van der Waals surface area (Å²) < 4.78 is 5.13. The Hall–Kier alpha value is -0.0800. The highest BCUT2D eigenvalue weighted by Gasteiger charge is 2.17. The van der Waals surface area contributed by atoms with Gasteiger partial charge in [0.05, 0.1) is 6.61 Å². The van der Waals surface area contributed by atoms with Crippen molar-refractivity contribution in [3.8, 4) is 0 Å². The van der Waals surface area contributed by atoms with E-state index in [0.717, 1.165) is 6.61 Å². The van der Waals surface area contributed by atoms with E-state index in [4.69, 9.17) is 4.74 Å². The molecule has 2 heteroatoms. The van der Waals surface area contributed by atoms with Gasteiger partial charge in [-0.2, -0.15) is 0 Å². The van der Waals surface area contributed by atoms with Crippen molar-refractivity contribution in [2.75, 3.05) is 6.61 Å². The highest BCUT2D eigenvalue weighted by atomic mass is 16.5. The van der Waals surface area contributed by atoms with Crippen LogP contribution in [0.25, 0.3) is 0 Å². The highest BCUT2D eigenvalue weighted by molar-refractivity contribution is 4.65. The van der Waals surface area contributed by atoms with Crippen molar-refractivity contribution in [3.63, 3.8) is 0 Å². The van der Waals surface area contributed by atoms with Crippen LogP contribution in [0.5, 0.6) is 0 Å². The summed E-state index contributed by atoms with van der Waals surface area (Å²) in [5, 5.41) is 3.26. The highest BCUT2D eigenvalue weighted by Crippen LogP contribution is 2.07. The second-order valence-corrected chi connectivity index (χ2v) is 2.47. The molecule has 48 valence electrons. The van der Waals surface area contributed by atoms with Gasteiger partial charge in [-0.3, -0.25) is 5.32 Å². The van der Waals surface area contributed by atoms with Gasteiger partial charge < -0.3 is 4.74 Å². The van der Waals surface area contributed by atoms with Crippen molar-refractivity contribution in [2.45, 2.75) is 32.5 Å². The van der Waals surface area contributed by atoms with Gasteiger partial charge in [0, 0.05) is 12.5 Å². The van der Waals surface area contributed by atoms with Gasteiger partial charge in [0.25, 0.3) is 0 Å². The largest absolute Gasteiger partial charge is 0.363 e. The summed E-state index contributed by atoms with van der Waals surface area (Å²) in [6.45, 7) is 5.19. The minimum absolute atomic E-state index is 0.356. The van der Waals surface area contributed by atoms with Crippen molar-refractivity contribution in [1.82, 2.24) is 5.32 Å². The molecule has 0 aliphatic carbocycles. The zero-order valence-electron chi connectivity index (χ0n) is 5.48. The number of rotatable bonds is 2. The van der Waals surface area contributed by atoms with Crippen LogP contribution in [0.15, 0.2) is 0 Å². The third kappa shape index (κ3) is 1.46. The summed E-state index contributed by atoms with van der Waals surface area (Å²) in [6.07, 6.45) is 1.54. The van der Waals surface area contributed by atoms with E-state index in [1.54, 1.807) is 0 Å². The standard InChI is InChI=1S/C6H13NO/c1-5(2)7-6-3-4-8-6/h5-7H,3-4H2,1-2H3. The molecule has 1 atom stereocenters. The molecule has 0 aromatic rings. The van der Waals surface area contributed by atoms with Crippen LogP contribution in [0.4, 0.5) is 0 Å². The molecule has 1 rings (SSSR count). The third-order valence-electron chi connectivity index (χ3n) is 1.22. The van der Waals surface area contributed by atoms with Crippen LogP contribution in [0, 0.1) is 0 Å². The van der Waals surface area contributed by atoms with Crippen molar-refractivity contribution < 1.29 is 4.74 Å². The maximum atomic E-state index is 5.13. The van der Waals surface area contributed by atoms with E-state index in [2.05, 4.69) is 19.2 Å². The smallest absolute Gasteiger partial charge is 0.110 e. The molecule has 0 bridgehead atoms. The number of hydrogen-bond acceptors (Lipinski definition) is 2. The monoisotopic (exact) mass is 115 g/mol. The molecule has 1 aliphatic heterocycles. The lowest BCUT2D eigenvalue weighted by atomic mass is 10.3. The summed E-state index contributed by atoms with van der Waals surface area (Å²) in [6, 6.07) is 0.556. The summed E-state index contributed by atoms with van der Waals surface area (Å²) in [5.74, 6) is 0. The normalized spacial score (nSPS) is 28.1. The number of ether oxygens (including phenoxy) is 1. The fourth-order valence-corrected chi connectivity index (χ4v) is 0.739. The molecule has 1 N–H and O–H groups in total. The Balaban J connectivity index is 2.01. The van der Waals surface area contributed by atoms with Gasteiger partial charge in [-0.1, -0.05) is 0 Å². The molecule has 0 saturated carbocycles. The Kier molecular flexibility index (Phi) is 1.86. The van der Waals surface area contributed by atoms with Crippen molar-refractivity contribution in [3.05, 3.63) is 0 Å². The Morgan fingerprint density at radius 3 is 2.38 bits per heavy atom. The van der Waals surface area contributed by atoms with Crippen LogP contribution in [0.1, 0.15) is 20.3 Å². The first-order chi connectivity index (χ1) is 3.79. The first kappa shape index (κ1) is 6.05. The molecule has 1 unspecified atom stereocenters. The summed E-state index contributed by atoms with van der Waals surface area (Å²) in [4.78, 5) is 0. The molecular weight excluding hydrogens is 102 g/mol. The Labute approximate surface area is 50.2 Å². The molecule has 0 spiro atoms. The number of hydrogen-bond donors (Lipinski definition) is 1. The van der Waals surface area contributed by atoms with Crippen LogP contribution in [0.3, 0.4) is 0 Å². The molecule has 1 heterocycles. The van der Waals surface area contributed by atoms with Gasteiger partial charge in [0.2, 0.25) is 0 Å². The van der Waals surface area contributed by atoms with E-state index in [9.17, 15) is 0 Å². The molecule has 0 amide bonds. The van der Waals surface area contributed by atoms with Crippen LogP contribution in [-0.4, -0.2) is 18.9 Å². The summed E-state index contributed by atoms with van der Waals surface area (Å²) >= 11 is 0. The lowest BCUT2D eigenvalue weighted by molar-refractivity contribution is -0.0746. The zero-order valence-corrected chi connectivity index (χ0v) is 5.48. The first-order valence-electron chi connectivity index (χ1n) is 3.16. The van der Waals surface area contributed by atoms with Crippen LogP contribution in [0.2, 0.25) is 0 Å². The fourth-order valence-electron chi connectivity index (χ4n) is 0.739. The van der Waals surface area contributed by atoms with Crippen LogP contribution in [-0.2, 0) is 4.74 Å². The molecule has 1 saturated heterocycles. The molecular formula is C6H13NO. The lowest BCUT2D eigenvalue weighted by Crippen LogP contribution is -2.44. The maximum absolute atomic E-state index is 5.13. The van der Waals surface area contributed by atoms with Crippen LogP contribution >= 0.6 is 0 Å². The molecule has 0 aromatic carbocycles. The Morgan fingerprint density at radius 1 is 1.62 bits per heavy atom. The Bertz CT molecular complexity index is 68.9. The van der Waals surface area contributed by atoms with Gasteiger partial charge in [-0.25, -0.2) is 0 Å². The summed E-state index contributed by atoms with van der Waals surface area (Å²) in [7, 11) is 0.